The third kappa shape index (κ3) is 5.53. The van der Waals surface area contributed by atoms with Crippen LogP contribution in [0, 0.1) is 4.91 Å². The van der Waals surface area contributed by atoms with Gasteiger partial charge in [-0.1, -0.05) is 0 Å². The summed E-state index contributed by atoms with van der Waals surface area (Å²) in [6.07, 6.45) is 1.57. The Hall–Kier alpha value is -0.910. The van der Waals surface area contributed by atoms with Crippen LogP contribution < -0.4 is 5.32 Å². The molecule has 61 valence electrons. The SMILES string of the molecule is CC(=O)N[C@@H]([C]=O)CSN=O. The molecular formula is C5H7N2O3S. The van der Waals surface area contributed by atoms with Gasteiger partial charge in [-0.05, 0) is 0 Å². The number of carbonyl (C=O) groups excluding carboxylic acids is 2. The number of rotatable bonds is 5. The summed E-state index contributed by atoms with van der Waals surface area (Å²) < 4.78 is 2.47. The van der Waals surface area contributed by atoms with Crippen molar-refractivity contribution in [2.45, 2.75) is 13.0 Å². The standard InChI is InChI=1S/C5H7N2O3S/c1-4(9)6-5(2-8)3-11-7-10/h5H,3H2,1H3,(H,6,9)/t5-/m0/s1. The predicted octanol–water partition coefficient (Wildman–Crippen LogP) is 0.0154. The lowest BCUT2D eigenvalue weighted by Gasteiger charge is -2.05. The molecule has 0 unspecified atom stereocenters. The molecule has 0 bridgehead atoms. The summed E-state index contributed by atoms with van der Waals surface area (Å²) in [5.74, 6) is -0.197. The average molecular weight is 175 g/mol. The molecule has 0 saturated heterocycles. The summed E-state index contributed by atoms with van der Waals surface area (Å²) in [5.41, 5.74) is 0. The summed E-state index contributed by atoms with van der Waals surface area (Å²) in [7, 11) is 0. The van der Waals surface area contributed by atoms with E-state index in [0.29, 0.717) is 11.9 Å². The maximum absolute atomic E-state index is 10.4. The summed E-state index contributed by atoms with van der Waals surface area (Å²) in [5, 5.41) is 2.28. The fourth-order valence-electron chi connectivity index (χ4n) is 0.455. The number of nitrogens with one attached hydrogen (secondary N) is 1. The summed E-state index contributed by atoms with van der Waals surface area (Å²) in [6.45, 7) is 1.28. The molecule has 1 N–H and O–H groups in total. The van der Waals surface area contributed by atoms with E-state index in [9.17, 15) is 14.5 Å². The first-order valence-corrected chi connectivity index (χ1v) is 3.74. The van der Waals surface area contributed by atoms with Crippen LogP contribution in [-0.2, 0) is 9.59 Å². The van der Waals surface area contributed by atoms with Crippen molar-refractivity contribution < 1.29 is 9.59 Å². The number of hydrogen-bond acceptors (Lipinski definition) is 5. The lowest BCUT2D eigenvalue weighted by Crippen LogP contribution is -2.35. The van der Waals surface area contributed by atoms with Crippen LogP contribution in [0.15, 0.2) is 4.58 Å². The minimum Gasteiger partial charge on any atom is -0.345 e. The maximum Gasteiger partial charge on any atom is 0.223 e. The van der Waals surface area contributed by atoms with E-state index in [2.05, 4.69) is 9.90 Å². The smallest absolute Gasteiger partial charge is 0.223 e. The molecule has 0 aliphatic heterocycles. The Morgan fingerprint density at radius 1 is 1.82 bits per heavy atom. The fraction of sp³-hybridized carbons (Fsp3) is 0.600. The molecule has 6 heteroatoms. The molecule has 0 aliphatic rings. The Morgan fingerprint density at radius 3 is 2.82 bits per heavy atom. The highest BCUT2D eigenvalue weighted by atomic mass is 32.2. The monoisotopic (exact) mass is 175 g/mol. The second-order valence-electron chi connectivity index (χ2n) is 1.74. The van der Waals surface area contributed by atoms with Crippen molar-refractivity contribution in [2.24, 2.45) is 4.58 Å². The second kappa shape index (κ2) is 5.84. The van der Waals surface area contributed by atoms with Gasteiger partial charge in [0.15, 0.2) is 0 Å². The average Bonchev–Trinajstić information content (AvgIpc) is 1.97. The van der Waals surface area contributed by atoms with Gasteiger partial charge < -0.3 is 5.32 Å². The lowest BCUT2D eigenvalue weighted by atomic mass is 10.4. The van der Waals surface area contributed by atoms with Gasteiger partial charge in [0.1, 0.15) is 6.04 Å². The molecule has 0 fully saturated rings. The molecule has 1 radical (unpaired) electrons. The molecule has 0 heterocycles. The van der Waals surface area contributed by atoms with Gasteiger partial charge in [-0.2, -0.15) is 0 Å². The molecule has 1 atom stereocenters. The number of hydrogen-bond donors (Lipinski definition) is 1. The van der Waals surface area contributed by atoms with Crippen molar-refractivity contribution in [3.05, 3.63) is 4.91 Å². The molecule has 1 amide bonds. The predicted molar refractivity (Wildman–Crippen MR) is 41.6 cm³/mol. The van der Waals surface area contributed by atoms with Crippen molar-refractivity contribution >= 4 is 24.1 Å². The van der Waals surface area contributed by atoms with Crippen molar-refractivity contribution in [1.29, 1.82) is 0 Å². The first-order valence-electron chi connectivity index (χ1n) is 2.80. The van der Waals surface area contributed by atoms with Gasteiger partial charge in [0.2, 0.25) is 12.2 Å². The van der Waals surface area contributed by atoms with E-state index in [-0.39, 0.29) is 11.7 Å². The highest BCUT2D eigenvalue weighted by Crippen LogP contribution is 2.01. The van der Waals surface area contributed by atoms with E-state index in [1.165, 1.54) is 6.92 Å². The first-order chi connectivity index (χ1) is 5.20. The van der Waals surface area contributed by atoms with Gasteiger partial charge in [0.05, 0.1) is 0 Å². The Balaban J connectivity index is 3.65. The number of nitrogens with zero attached hydrogens (tertiary/aromatic N) is 1. The fourth-order valence-corrected chi connectivity index (χ4v) is 0.817. The first kappa shape index (κ1) is 10.1. The van der Waals surface area contributed by atoms with Crippen molar-refractivity contribution in [1.82, 2.24) is 5.32 Å². The van der Waals surface area contributed by atoms with E-state index in [1.54, 1.807) is 6.29 Å². The second-order valence-corrected chi connectivity index (χ2v) is 2.48. The molecule has 11 heavy (non-hydrogen) atoms. The molecular weight excluding hydrogens is 168 g/mol. The molecule has 5 nitrogen and oxygen atoms in total. The zero-order valence-electron chi connectivity index (χ0n) is 5.86. The number of carbonyl (C=O) groups is 1. The molecule has 0 spiro atoms. The minimum absolute atomic E-state index is 0.132. The van der Waals surface area contributed by atoms with Crippen LogP contribution in [0.25, 0.3) is 0 Å². The Kier molecular flexibility index (Phi) is 5.36. The summed E-state index contributed by atoms with van der Waals surface area (Å²) in [4.78, 5) is 30.0. The van der Waals surface area contributed by atoms with Crippen LogP contribution in [0.2, 0.25) is 0 Å². The van der Waals surface area contributed by atoms with Gasteiger partial charge in [-0.3, -0.25) is 9.59 Å². The van der Waals surface area contributed by atoms with Crippen LogP contribution in [-0.4, -0.2) is 24.0 Å². The topological polar surface area (TPSA) is 75.6 Å². The van der Waals surface area contributed by atoms with E-state index in [1.807, 2.05) is 0 Å². The van der Waals surface area contributed by atoms with Crippen LogP contribution >= 0.6 is 11.9 Å². The third-order valence-corrected chi connectivity index (χ3v) is 1.40. The Morgan fingerprint density at radius 2 is 2.45 bits per heavy atom. The van der Waals surface area contributed by atoms with Crippen molar-refractivity contribution in [3.8, 4) is 0 Å². The largest absolute Gasteiger partial charge is 0.345 e. The summed E-state index contributed by atoms with van der Waals surface area (Å²) >= 11 is 0.675. The van der Waals surface area contributed by atoms with Gasteiger partial charge in [-0.15, -0.1) is 4.91 Å². The molecule has 0 rings (SSSR count). The summed E-state index contributed by atoms with van der Waals surface area (Å²) in [6, 6.07) is -0.741. The number of amides is 1. The van der Waals surface area contributed by atoms with Crippen LogP contribution in [0.1, 0.15) is 6.92 Å². The lowest BCUT2D eigenvalue weighted by molar-refractivity contribution is -0.119. The van der Waals surface area contributed by atoms with Crippen molar-refractivity contribution in [2.75, 3.05) is 5.75 Å². The molecule has 0 aliphatic carbocycles. The van der Waals surface area contributed by atoms with Crippen molar-refractivity contribution in [3.63, 3.8) is 0 Å². The van der Waals surface area contributed by atoms with Gasteiger partial charge in [0, 0.05) is 29.2 Å². The molecule has 0 aromatic carbocycles. The number of nitroso groups, excluding NO2 is 1. The normalized spacial score (nSPS) is 11.7. The van der Waals surface area contributed by atoms with Gasteiger partial charge >= 0.3 is 0 Å². The quantitative estimate of drug-likeness (QED) is 0.472. The molecule has 0 aromatic heterocycles. The van der Waals surface area contributed by atoms with Crippen LogP contribution in [0.5, 0.6) is 0 Å². The van der Waals surface area contributed by atoms with Crippen LogP contribution in [0.3, 0.4) is 0 Å². The highest BCUT2D eigenvalue weighted by Gasteiger charge is 2.08. The zero-order chi connectivity index (χ0) is 8.69. The molecule has 0 saturated carbocycles. The Labute approximate surface area is 68.0 Å². The van der Waals surface area contributed by atoms with E-state index in [0.717, 1.165) is 0 Å². The third-order valence-electron chi connectivity index (χ3n) is 0.814. The zero-order valence-corrected chi connectivity index (χ0v) is 6.68. The minimum atomic E-state index is -0.741. The highest BCUT2D eigenvalue weighted by molar-refractivity contribution is 7.97. The Bertz CT molecular complexity index is 162. The van der Waals surface area contributed by atoms with Gasteiger partial charge in [-0.25, -0.2) is 0 Å². The van der Waals surface area contributed by atoms with E-state index >= 15 is 0 Å². The van der Waals surface area contributed by atoms with Gasteiger partial charge in [0.25, 0.3) is 0 Å². The van der Waals surface area contributed by atoms with E-state index in [4.69, 9.17) is 0 Å². The van der Waals surface area contributed by atoms with Crippen LogP contribution in [0.4, 0.5) is 0 Å². The molecule has 0 aromatic rings. The van der Waals surface area contributed by atoms with E-state index < -0.39 is 6.04 Å². The maximum atomic E-state index is 10.4.